The lowest BCUT2D eigenvalue weighted by atomic mass is 9.69. The van der Waals surface area contributed by atoms with Crippen molar-refractivity contribution in [2.75, 3.05) is 0 Å². The normalized spacial score (nSPS) is 25.5. The Kier molecular flexibility index (Phi) is 5.43. The van der Waals surface area contributed by atoms with E-state index in [0.717, 1.165) is 42.2 Å². The van der Waals surface area contributed by atoms with Gasteiger partial charge in [0, 0.05) is 5.56 Å². The molecule has 0 radical (unpaired) electrons. The van der Waals surface area contributed by atoms with Crippen LogP contribution in [-0.4, -0.2) is 0 Å². The summed E-state index contributed by atoms with van der Waals surface area (Å²) in [5.41, 5.74) is 3.42. The van der Waals surface area contributed by atoms with E-state index in [2.05, 4.69) is 25.1 Å². The first-order chi connectivity index (χ1) is 13.2. The Morgan fingerprint density at radius 1 is 0.852 bits per heavy atom. The molecule has 4 rings (SSSR count). The van der Waals surface area contributed by atoms with Crippen LogP contribution >= 0.6 is 0 Å². The van der Waals surface area contributed by atoms with Crippen LogP contribution in [0.2, 0.25) is 0 Å². The number of fused-ring (bicyclic) bond motifs is 1. The zero-order valence-electron chi connectivity index (χ0n) is 16.1. The van der Waals surface area contributed by atoms with Crippen molar-refractivity contribution in [2.24, 2.45) is 17.8 Å². The Morgan fingerprint density at radius 2 is 1.59 bits per heavy atom. The summed E-state index contributed by atoms with van der Waals surface area (Å²) in [5, 5.41) is 0. The van der Waals surface area contributed by atoms with E-state index in [0.29, 0.717) is 11.5 Å². The highest BCUT2D eigenvalue weighted by molar-refractivity contribution is 5.66. The van der Waals surface area contributed by atoms with Gasteiger partial charge in [-0.05, 0) is 98.4 Å². The summed E-state index contributed by atoms with van der Waals surface area (Å²) < 4.78 is 28.3. The molecule has 2 aliphatic rings. The molecule has 1 saturated carbocycles. The lowest BCUT2D eigenvalue weighted by Crippen LogP contribution is -2.26. The van der Waals surface area contributed by atoms with Crippen molar-refractivity contribution in [3.8, 4) is 11.1 Å². The third-order valence-corrected chi connectivity index (χ3v) is 6.69. The minimum Gasteiger partial charge on any atom is -0.207 e. The second-order valence-corrected chi connectivity index (χ2v) is 8.28. The van der Waals surface area contributed by atoms with Gasteiger partial charge in [0.15, 0.2) is 0 Å². The summed E-state index contributed by atoms with van der Waals surface area (Å²) in [6, 6.07) is 10.1. The Hall–Kier alpha value is -1.96. The molecule has 0 bridgehead atoms. The molecule has 2 aromatic rings. The van der Waals surface area contributed by atoms with E-state index in [4.69, 9.17) is 0 Å². The van der Waals surface area contributed by atoms with Gasteiger partial charge in [0.25, 0.3) is 0 Å². The standard InChI is InChI=1S/C25H28F2/c1-2-3-17-4-6-18(7-5-17)20-10-14-24-21(16-20)11-15-23(25(24)27)19-8-12-22(26)13-9-19/h2-3,8-9,11-13,15,17-18,20H,4-7,10,14,16H2,1H3/b3-2+. The van der Waals surface area contributed by atoms with Crippen molar-refractivity contribution in [1.82, 2.24) is 0 Å². The van der Waals surface area contributed by atoms with Crippen molar-refractivity contribution in [3.63, 3.8) is 0 Å². The molecule has 0 aromatic heterocycles. The number of halogens is 2. The van der Waals surface area contributed by atoms with Crippen molar-refractivity contribution < 1.29 is 8.78 Å². The van der Waals surface area contributed by atoms with E-state index in [-0.39, 0.29) is 11.6 Å². The predicted octanol–water partition coefficient (Wildman–Crippen LogP) is 7.12. The van der Waals surface area contributed by atoms with E-state index < -0.39 is 0 Å². The van der Waals surface area contributed by atoms with Crippen molar-refractivity contribution in [1.29, 1.82) is 0 Å². The Morgan fingerprint density at radius 3 is 2.30 bits per heavy atom. The molecule has 2 aromatic carbocycles. The summed E-state index contributed by atoms with van der Waals surface area (Å²) in [4.78, 5) is 0. The molecule has 1 unspecified atom stereocenters. The van der Waals surface area contributed by atoms with E-state index in [1.54, 1.807) is 12.1 Å². The molecule has 0 N–H and O–H groups in total. The maximum atomic E-state index is 15.1. The first kappa shape index (κ1) is 18.4. The highest BCUT2D eigenvalue weighted by Gasteiger charge is 2.31. The van der Waals surface area contributed by atoms with Gasteiger partial charge in [-0.25, -0.2) is 8.78 Å². The van der Waals surface area contributed by atoms with Gasteiger partial charge in [-0.2, -0.15) is 0 Å². The molecule has 0 aliphatic heterocycles. The van der Waals surface area contributed by atoms with Gasteiger partial charge in [-0.15, -0.1) is 0 Å². The average Bonchev–Trinajstić information content (AvgIpc) is 2.70. The monoisotopic (exact) mass is 366 g/mol. The number of rotatable bonds is 3. The minimum atomic E-state index is -0.288. The molecular formula is C25H28F2. The Bertz CT molecular complexity index is 811. The topological polar surface area (TPSA) is 0 Å². The highest BCUT2D eigenvalue weighted by atomic mass is 19.1. The zero-order valence-corrected chi connectivity index (χ0v) is 16.1. The van der Waals surface area contributed by atoms with Crippen molar-refractivity contribution >= 4 is 0 Å². The Balaban J connectivity index is 1.49. The summed E-state index contributed by atoms with van der Waals surface area (Å²) in [7, 11) is 0. The largest absolute Gasteiger partial charge is 0.207 e. The zero-order chi connectivity index (χ0) is 18.8. The third-order valence-electron chi connectivity index (χ3n) is 6.69. The van der Waals surface area contributed by atoms with Gasteiger partial charge < -0.3 is 0 Å². The Labute approximate surface area is 161 Å². The average molecular weight is 366 g/mol. The highest BCUT2D eigenvalue weighted by Crippen LogP contribution is 2.41. The van der Waals surface area contributed by atoms with Crippen LogP contribution < -0.4 is 0 Å². The summed E-state index contributed by atoms with van der Waals surface area (Å²) in [6.45, 7) is 2.11. The van der Waals surface area contributed by atoms with Crippen LogP contribution in [0.5, 0.6) is 0 Å². The minimum absolute atomic E-state index is 0.102. The fourth-order valence-electron chi connectivity index (χ4n) is 5.17. The number of allylic oxidation sites excluding steroid dienone is 2. The predicted molar refractivity (Wildman–Crippen MR) is 108 cm³/mol. The smallest absolute Gasteiger partial charge is 0.134 e. The first-order valence-corrected chi connectivity index (χ1v) is 10.3. The molecule has 142 valence electrons. The molecule has 0 spiro atoms. The SMILES string of the molecule is C/C=C/C1CCC(C2CCc3c(ccc(-c4ccc(F)cc4)c3F)C2)CC1. The van der Waals surface area contributed by atoms with Gasteiger partial charge in [-0.3, -0.25) is 0 Å². The third kappa shape index (κ3) is 3.85. The molecule has 1 fully saturated rings. The second kappa shape index (κ2) is 7.96. The van der Waals surface area contributed by atoms with E-state index in [1.807, 2.05) is 6.07 Å². The molecule has 0 nitrogen and oxygen atoms in total. The van der Waals surface area contributed by atoms with Gasteiger partial charge in [0.1, 0.15) is 11.6 Å². The van der Waals surface area contributed by atoms with Crippen LogP contribution in [0.15, 0.2) is 48.6 Å². The summed E-state index contributed by atoms with van der Waals surface area (Å²) in [6.07, 6.45) is 12.7. The number of benzene rings is 2. The summed E-state index contributed by atoms with van der Waals surface area (Å²) >= 11 is 0. The van der Waals surface area contributed by atoms with E-state index >= 15 is 4.39 Å². The van der Waals surface area contributed by atoms with Gasteiger partial charge in [-0.1, -0.05) is 36.4 Å². The van der Waals surface area contributed by atoms with Crippen LogP contribution in [0, 0.1) is 29.4 Å². The van der Waals surface area contributed by atoms with Crippen LogP contribution in [0.3, 0.4) is 0 Å². The van der Waals surface area contributed by atoms with Crippen LogP contribution in [0.4, 0.5) is 8.78 Å². The molecular weight excluding hydrogens is 338 g/mol. The fourth-order valence-corrected chi connectivity index (χ4v) is 5.17. The molecule has 2 aliphatic carbocycles. The second-order valence-electron chi connectivity index (χ2n) is 8.28. The molecule has 1 atom stereocenters. The van der Waals surface area contributed by atoms with Gasteiger partial charge >= 0.3 is 0 Å². The van der Waals surface area contributed by atoms with Gasteiger partial charge in [0.2, 0.25) is 0 Å². The molecule has 0 heterocycles. The van der Waals surface area contributed by atoms with E-state index in [1.165, 1.54) is 43.4 Å². The van der Waals surface area contributed by atoms with Crippen molar-refractivity contribution in [3.05, 3.63) is 71.3 Å². The fraction of sp³-hybridized carbons (Fsp3) is 0.440. The molecule has 27 heavy (non-hydrogen) atoms. The number of hydrogen-bond acceptors (Lipinski definition) is 0. The van der Waals surface area contributed by atoms with Crippen LogP contribution in [0.1, 0.15) is 50.2 Å². The summed E-state index contributed by atoms with van der Waals surface area (Å²) in [5.74, 6) is 1.86. The van der Waals surface area contributed by atoms with Gasteiger partial charge in [0.05, 0.1) is 0 Å². The number of hydrogen-bond donors (Lipinski definition) is 0. The first-order valence-electron chi connectivity index (χ1n) is 10.3. The maximum Gasteiger partial charge on any atom is 0.134 e. The van der Waals surface area contributed by atoms with Crippen LogP contribution in [0.25, 0.3) is 11.1 Å². The molecule has 2 heteroatoms. The maximum absolute atomic E-state index is 15.1. The van der Waals surface area contributed by atoms with Crippen molar-refractivity contribution in [2.45, 2.75) is 51.9 Å². The quantitative estimate of drug-likeness (QED) is 0.507. The lowest BCUT2D eigenvalue weighted by molar-refractivity contribution is 0.205. The van der Waals surface area contributed by atoms with Crippen LogP contribution in [-0.2, 0) is 12.8 Å². The lowest BCUT2D eigenvalue weighted by Gasteiger charge is -2.36. The van der Waals surface area contributed by atoms with E-state index in [9.17, 15) is 4.39 Å². The molecule has 0 amide bonds. The molecule has 0 saturated heterocycles.